The molecule has 0 atom stereocenters. The van der Waals surface area contributed by atoms with Gasteiger partial charge < -0.3 is 29.6 Å². The monoisotopic (exact) mass is 554 g/mol. The minimum atomic E-state index is -1.07. The summed E-state index contributed by atoms with van der Waals surface area (Å²) in [4.78, 5) is 18.5. The van der Waals surface area contributed by atoms with Gasteiger partial charge >= 0.3 is 0 Å². The third-order valence-electron chi connectivity index (χ3n) is 5.59. The molecular weight excluding hydrogens is 522 g/mol. The highest BCUT2D eigenvalue weighted by Gasteiger charge is 2.17. The normalized spacial score (nSPS) is 10.3. The average Bonchev–Trinajstić information content (AvgIpc) is 2.98. The number of halogens is 2. The van der Waals surface area contributed by atoms with Gasteiger partial charge in [0, 0.05) is 37.1 Å². The van der Waals surface area contributed by atoms with E-state index in [-0.39, 0.29) is 11.4 Å². The van der Waals surface area contributed by atoms with Crippen molar-refractivity contribution in [2.24, 2.45) is 0 Å². The summed E-state index contributed by atoms with van der Waals surface area (Å²) in [6.07, 6.45) is 6.18. The average molecular weight is 555 g/mol. The molecule has 0 aliphatic rings. The molecule has 0 unspecified atom stereocenters. The lowest BCUT2D eigenvalue weighted by molar-refractivity contribution is 0.111. The molecular formula is C29H32F2N4O5. The third-order valence-corrected chi connectivity index (χ3v) is 5.59. The molecule has 0 fully saturated rings. The van der Waals surface area contributed by atoms with E-state index in [1.807, 2.05) is 14.0 Å². The third kappa shape index (κ3) is 7.54. The smallest absolute Gasteiger partial charge is 0.203 e. The molecule has 4 rings (SSSR count). The lowest BCUT2D eigenvalue weighted by Crippen LogP contribution is -2.11. The van der Waals surface area contributed by atoms with Gasteiger partial charge in [-0.1, -0.05) is 0 Å². The molecule has 40 heavy (non-hydrogen) atoms. The van der Waals surface area contributed by atoms with E-state index in [1.54, 1.807) is 30.5 Å². The van der Waals surface area contributed by atoms with Gasteiger partial charge in [0.15, 0.2) is 29.4 Å². The number of ether oxygens (including phenoxy) is 4. The maximum Gasteiger partial charge on any atom is 0.203 e. The quantitative estimate of drug-likeness (QED) is 0.170. The fourth-order valence-corrected chi connectivity index (χ4v) is 3.61. The van der Waals surface area contributed by atoms with Crippen molar-refractivity contribution in [3.05, 3.63) is 72.2 Å². The number of carbonyl (C=O) groups is 1. The van der Waals surface area contributed by atoms with Crippen LogP contribution in [-0.4, -0.2) is 57.2 Å². The Labute approximate surface area is 231 Å². The second-order valence-electron chi connectivity index (χ2n) is 8.19. The first kappa shape index (κ1) is 30.0. The van der Waals surface area contributed by atoms with Crippen molar-refractivity contribution in [3.8, 4) is 28.7 Å². The number of rotatable bonds is 12. The van der Waals surface area contributed by atoms with Crippen LogP contribution in [0.1, 0.15) is 23.7 Å². The van der Waals surface area contributed by atoms with Gasteiger partial charge in [0.1, 0.15) is 11.5 Å². The Morgan fingerprint density at radius 1 is 0.925 bits per heavy atom. The number of anilines is 1. The molecule has 2 aromatic heterocycles. The molecule has 0 radical (unpaired) electrons. The van der Waals surface area contributed by atoms with E-state index in [4.69, 9.17) is 18.9 Å². The lowest BCUT2D eigenvalue weighted by Gasteiger charge is -2.14. The number of benzene rings is 2. The van der Waals surface area contributed by atoms with Crippen LogP contribution in [0.25, 0.3) is 10.9 Å². The van der Waals surface area contributed by atoms with Crippen molar-refractivity contribution in [1.29, 1.82) is 0 Å². The predicted octanol–water partition coefficient (Wildman–Crippen LogP) is 5.64. The summed E-state index contributed by atoms with van der Waals surface area (Å²) in [5.41, 5.74) is 1.13. The van der Waals surface area contributed by atoms with Gasteiger partial charge in [-0.25, -0.2) is 4.39 Å². The molecule has 4 aromatic rings. The number of carbonyl (C=O) groups excluding carboxylic acids is 1. The number of nitrogens with one attached hydrogen (secondary N) is 2. The highest BCUT2D eigenvalue weighted by atomic mass is 19.2. The topological polar surface area (TPSA) is 104 Å². The first-order valence-corrected chi connectivity index (χ1v) is 12.6. The van der Waals surface area contributed by atoms with E-state index in [9.17, 15) is 13.6 Å². The molecule has 0 saturated carbocycles. The van der Waals surface area contributed by atoms with Gasteiger partial charge in [-0.15, -0.1) is 0 Å². The van der Waals surface area contributed by atoms with Crippen LogP contribution >= 0.6 is 0 Å². The number of methoxy groups -OCH3 is 1. The van der Waals surface area contributed by atoms with Crippen LogP contribution in [0, 0.1) is 11.6 Å². The molecule has 11 heteroatoms. The summed E-state index contributed by atoms with van der Waals surface area (Å²) < 4.78 is 50.4. The van der Waals surface area contributed by atoms with Crippen molar-refractivity contribution in [3.63, 3.8) is 0 Å². The molecule has 0 saturated heterocycles. The molecule has 0 amide bonds. The van der Waals surface area contributed by atoms with Crippen LogP contribution in [-0.2, 0) is 0 Å². The highest BCUT2D eigenvalue weighted by Crippen LogP contribution is 2.38. The van der Waals surface area contributed by atoms with E-state index in [2.05, 4.69) is 20.6 Å². The number of hydrogen-bond acceptors (Lipinski definition) is 9. The van der Waals surface area contributed by atoms with Crippen LogP contribution < -0.4 is 29.6 Å². The van der Waals surface area contributed by atoms with Gasteiger partial charge in [0.25, 0.3) is 0 Å². The molecule has 2 heterocycles. The zero-order valence-electron chi connectivity index (χ0n) is 22.8. The second kappa shape index (κ2) is 15.2. The molecule has 212 valence electrons. The number of pyridine rings is 2. The SMILES string of the molecule is CCOc1ccncc1C=O.CNCCCOc1cc2nccc(Oc3ccc(NC)c(F)c3F)c2cc1OC. The zero-order chi connectivity index (χ0) is 28.9. The number of fused-ring (bicyclic) bond motifs is 1. The lowest BCUT2D eigenvalue weighted by atomic mass is 10.1. The largest absolute Gasteiger partial charge is 0.493 e. The van der Waals surface area contributed by atoms with Crippen molar-refractivity contribution in [2.75, 3.05) is 46.3 Å². The molecule has 0 aliphatic heterocycles. The minimum absolute atomic E-state index is 0.0520. The van der Waals surface area contributed by atoms with Crippen LogP contribution in [0.4, 0.5) is 14.5 Å². The van der Waals surface area contributed by atoms with E-state index < -0.39 is 11.6 Å². The van der Waals surface area contributed by atoms with E-state index >= 15 is 0 Å². The maximum absolute atomic E-state index is 14.3. The summed E-state index contributed by atoms with van der Waals surface area (Å²) in [6, 6.07) is 9.48. The van der Waals surface area contributed by atoms with Gasteiger partial charge in [-0.05, 0) is 57.3 Å². The van der Waals surface area contributed by atoms with Crippen molar-refractivity contribution in [2.45, 2.75) is 13.3 Å². The van der Waals surface area contributed by atoms with Crippen molar-refractivity contribution < 1.29 is 32.5 Å². The van der Waals surface area contributed by atoms with Crippen LogP contribution in [0.3, 0.4) is 0 Å². The van der Waals surface area contributed by atoms with E-state index in [0.29, 0.717) is 52.7 Å². The fraction of sp³-hybridized carbons (Fsp3) is 0.276. The summed E-state index contributed by atoms with van der Waals surface area (Å²) >= 11 is 0. The Balaban J connectivity index is 0.000000336. The van der Waals surface area contributed by atoms with Gasteiger partial charge in [0.05, 0.1) is 37.1 Å². The summed E-state index contributed by atoms with van der Waals surface area (Å²) in [7, 11) is 4.92. The Kier molecular flexibility index (Phi) is 11.4. The van der Waals surface area contributed by atoms with Crippen LogP contribution in [0.15, 0.2) is 55.0 Å². The Morgan fingerprint density at radius 3 is 2.42 bits per heavy atom. The van der Waals surface area contributed by atoms with Crippen molar-refractivity contribution in [1.82, 2.24) is 15.3 Å². The van der Waals surface area contributed by atoms with Crippen LogP contribution in [0.2, 0.25) is 0 Å². The molecule has 2 N–H and O–H groups in total. The Morgan fingerprint density at radius 2 is 1.73 bits per heavy atom. The number of hydrogen-bond donors (Lipinski definition) is 2. The number of aromatic nitrogens is 2. The fourth-order valence-electron chi connectivity index (χ4n) is 3.61. The Hall–Kier alpha value is -4.51. The molecule has 9 nitrogen and oxygen atoms in total. The number of aldehydes is 1. The summed E-state index contributed by atoms with van der Waals surface area (Å²) in [5, 5.41) is 6.23. The van der Waals surface area contributed by atoms with Gasteiger partial charge in [-0.2, -0.15) is 4.39 Å². The molecule has 0 bridgehead atoms. The second-order valence-corrected chi connectivity index (χ2v) is 8.19. The first-order chi connectivity index (χ1) is 19.5. The Bertz CT molecular complexity index is 1420. The van der Waals surface area contributed by atoms with E-state index in [1.165, 1.54) is 38.7 Å². The minimum Gasteiger partial charge on any atom is -0.493 e. The highest BCUT2D eigenvalue weighted by molar-refractivity contribution is 5.88. The molecule has 0 spiro atoms. The molecule has 2 aromatic carbocycles. The predicted molar refractivity (Wildman–Crippen MR) is 149 cm³/mol. The maximum atomic E-state index is 14.3. The van der Waals surface area contributed by atoms with Crippen molar-refractivity contribution >= 4 is 22.9 Å². The van der Waals surface area contributed by atoms with Gasteiger partial charge in [0.2, 0.25) is 5.82 Å². The van der Waals surface area contributed by atoms with Gasteiger partial charge in [-0.3, -0.25) is 14.8 Å². The summed E-state index contributed by atoms with van der Waals surface area (Å²) in [6.45, 7) is 3.78. The van der Waals surface area contributed by atoms with Crippen LogP contribution in [0.5, 0.6) is 28.7 Å². The molecule has 0 aliphatic carbocycles. The number of nitrogens with zero attached hydrogens (tertiary/aromatic N) is 2. The zero-order valence-corrected chi connectivity index (χ0v) is 22.8. The standard InChI is InChI=1S/C21H23F2N3O3.C8H9NO2/c1-24-8-4-10-28-19-12-15-13(11-18(19)27-3)16(7-9-26-15)29-17-6-5-14(25-2)20(22)21(17)23;1-2-11-8-3-4-9-5-7(8)6-10/h5-7,9,11-12,24-25H,4,8,10H2,1-3H3;3-6H,2H2,1H3. The first-order valence-electron chi connectivity index (χ1n) is 12.6. The van der Waals surface area contributed by atoms with E-state index in [0.717, 1.165) is 19.3 Å². The summed E-state index contributed by atoms with van der Waals surface area (Å²) in [5.74, 6) is -0.326.